The lowest BCUT2D eigenvalue weighted by atomic mass is 9.81. The lowest BCUT2D eigenvalue weighted by molar-refractivity contribution is -0.160. The summed E-state index contributed by atoms with van der Waals surface area (Å²) in [4.78, 5) is 31.5. The van der Waals surface area contributed by atoms with Crippen molar-refractivity contribution in [2.45, 2.75) is 25.6 Å². The molecule has 2 aliphatic heterocycles. The molecule has 3 aromatic rings. The predicted molar refractivity (Wildman–Crippen MR) is 105 cm³/mol. The molecule has 0 amide bonds. The second-order valence-electron chi connectivity index (χ2n) is 7.11. The first kappa shape index (κ1) is 17.9. The maximum absolute atomic E-state index is 13.3. The summed E-state index contributed by atoms with van der Waals surface area (Å²) in [5.41, 5.74) is 0.200. The number of aromatic nitrogens is 1. The van der Waals surface area contributed by atoms with E-state index in [0.717, 1.165) is 11.1 Å². The van der Waals surface area contributed by atoms with Gasteiger partial charge >= 0.3 is 5.97 Å². The number of nitrogens with zero attached hydrogens (tertiary/aromatic N) is 2. The summed E-state index contributed by atoms with van der Waals surface area (Å²) in [6, 6.07) is 8.67. The number of carbonyl (C=O) groups is 1. The standard InChI is InChI=1S/C21H18N2O5S/c1-3-27-19(25)16-17-13-6-4-5-7-14(13)28-21(16,2)22-20-23(17)18(24)15(29-20)10-12-8-9-26-11-12/h4-11,16-17H,3H2,1-2H3. The van der Waals surface area contributed by atoms with E-state index < -0.39 is 23.7 Å². The van der Waals surface area contributed by atoms with Gasteiger partial charge in [0.05, 0.1) is 29.7 Å². The molecule has 3 atom stereocenters. The van der Waals surface area contributed by atoms with Crippen LogP contribution in [0.5, 0.6) is 5.75 Å². The van der Waals surface area contributed by atoms with E-state index in [0.29, 0.717) is 15.1 Å². The number of para-hydroxylation sites is 1. The number of fused-ring (bicyclic) bond motifs is 6. The molecule has 3 unspecified atom stereocenters. The van der Waals surface area contributed by atoms with E-state index in [1.165, 1.54) is 11.3 Å². The zero-order chi connectivity index (χ0) is 20.2. The van der Waals surface area contributed by atoms with E-state index in [9.17, 15) is 9.59 Å². The first-order valence-corrected chi connectivity index (χ1v) is 10.1. The Morgan fingerprint density at radius 3 is 2.97 bits per heavy atom. The average Bonchev–Trinajstić information content (AvgIpc) is 3.29. The van der Waals surface area contributed by atoms with Gasteiger partial charge < -0.3 is 13.9 Å². The van der Waals surface area contributed by atoms with Crippen molar-refractivity contribution in [3.8, 4) is 5.75 Å². The van der Waals surface area contributed by atoms with Gasteiger partial charge in [0.2, 0.25) is 5.72 Å². The lowest BCUT2D eigenvalue weighted by Crippen LogP contribution is -2.58. The molecule has 0 radical (unpaired) electrons. The van der Waals surface area contributed by atoms with Gasteiger partial charge in [-0.3, -0.25) is 14.2 Å². The highest BCUT2D eigenvalue weighted by Gasteiger charge is 2.55. The predicted octanol–water partition coefficient (Wildman–Crippen LogP) is 1.84. The number of furan rings is 1. The van der Waals surface area contributed by atoms with Crippen LogP contribution in [0.25, 0.3) is 6.08 Å². The van der Waals surface area contributed by atoms with Gasteiger partial charge in [0.1, 0.15) is 11.7 Å². The molecule has 0 fully saturated rings. The summed E-state index contributed by atoms with van der Waals surface area (Å²) < 4.78 is 18.7. The summed E-state index contributed by atoms with van der Waals surface area (Å²) in [6.45, 7) is 3.76. The Hall–Kier alpha value is -3.13. The van der Waals surface area contributed by atoms with Crippen LogP contribution in [0, 0.1) is 5.92 Å². The Labute approximate surface area is 169 Å². The SMILES string of the molecule is CCOC(=O)C1C2c3ccccc3OC1(C)N=c1sc(=Cc3ccoc3)c(=O)n12. The lowest BCUT2D eigenvalue weighted by Gasteiger charge is -2.44. The summed E-state index contributed by atoms with van der Waals surface area (Å²) in [5.74, 6) is -0.574. The van der Waals surface area contributed by atoms with Gasteiger partial charge in [0.15, 0.2) is 4.80 Å². The molecule has 8 heteroatoms. The van der Waals surface area contributed by atoms with Crippen LogP contribution in [0.2, 0.25) is 0 Å². The van der Waals surface area contributed by atoms with Crippen LogP contribution in [0.4, 0.5) is 0 Å². The molecule has 1 aromatic carbocycles. The molecule has 7 nitrogen and oxygen atoms in total. The molecule has 0 saturated heterocycles. The molecule has 148 valence electrons. The Morgan fingerprint density at radius 2 is 2.21 bits per heavy atom. The smallest absolute Gasteiger partial charge is 0.317 e. The number of hydrogen-bond acceptors (Lipinski definition) is 7. The van der Waals surface area contributed by atoms with E-state index in [4.69, 9.17) is 18.9 Å². The van der Waals surface area contributed by atoms with Crippen LogP contribution >= 0.6 is 11.3 Å². The van der Waals surface area contributed by atoms with Gasteiger partial charge in [0.25, 0.3) is 5.56 Å². The van der Waals surface area contributed by atoms with Crippen molar-refractivity contribution in [2.24, 2.45) is 10.9 Å². The summed E-state index contributed by atoms with van der Waals surface area (Å²) >= 11 is 1.27. The maximum Gasteiger partial charge on any atom is 0.317 e. The molecular formula is C21H18N2O5S. The normalized spacial score (nSPS) is 24.8. The van der Waals surface area contributed by atoms with Crippen molar-refractivity contribution in [1.82, 2.24) is 4.57 Å². The van der Waals surface area contributed by atoms with Crippen LogP contribution in [-0.4, -0.2) is 22.9 Å². The maximum atomic E-state index is 13.3. The van der Waals surface area contributed by atoms with Crippen molar-refractivity contribution < 1.29 is 18.7 Å². The number of carbonyl (C=O) groups excluding carboxylic acids is 1. The first-order chi connectivity index (χ1) is 14.0. The zero-order valence-corrected chi connectivity index (χ0v) is 16.6. The van der Waals surface area contributed by atoms with Gasteiger partial charge in [-0.2, -0.15) is 0 Å². The fourth-order valence-electron chi connectivity index (χ4n) is 4.04. The van der Waals surface area contributed by atoms with Crippen molar-refractivity contribution >= 4 is 23.4 Å². The topological polar surface area (TPSA) is 83.0 Å². The molecule has 2 bridgehead atoms. The molecule has 5 rings (SSSR count). The molecule has 2 aliphatic rings. The average molecular weight is 410 g/mol. The minimum absolute atomic E-state index is 0.201. The molecule has 0 spiro atoms. The van der Waals surface area contributed by atoms with Crippen LogP contribution < -0.4 is 19.6 Å². The van der Waals surface area contributed by atoms with E-state index in [-0.39, 0.29) is 12.2 Å². The summed E-state index contributed by atoms with van der Waals surface area (Å²) in [5, 5.41) is 0. The summed E-state index contributed by atoms with van der Waals surface area (Å²) in [6.07, 6.45) is 4.88. The Kier molecular flexibility index (Phi) is 3.99. The largest absolute Gasteiger partial charge is 0.472 e. The van der Waals surface area contributed by atoms with Gasteiger partial charge in [-0.05, 0) is 32.1 Å². The molecule has 0 saturated carbocycles. The first-order valence-electron chi connectivity index (χ1n) is 9.31. The fraction of sp³-hybridized carbons (Fsp3) is 0.286. The minimum Gasteiger partial charge on any atom is -0.472 e. The van der Waals surface area contributed by atoms with Crippen LogP contribution in [0.15, 0.2) is 57.1 Å². The van der Waals surface area contributed by atoms with E-state index in [2.05, 4.69) is 0 Å². The highest BCUT2D eigenvalue weighted by molar-refractivity contribution is 7.07. The molecule has 0 aliphatic carbocycles. The number of rotatable bonds is 3. The van der Waals surface area contributed by atoms with Crippen molar-refractivity contribution in [2.75, 3.05) is 6.61 Å². The number of benzene rings is 1. The van der Waals surface area contributed by atoms with E-state index in [1.807, 2.05) is 24.3 Å². The second-order valence-corrected chi connectivity index (χ2v) is 8.12. The molecule has 29 heavy (non-hydrogen) atoms. The quantitative estimate of drug-likeness (QED) is 0.616. The van der Waals surface area contributed by atoms with Crippen LogP contribution in [0.1, 0.15) is 31.0 Å². The van der Waals surface area contributed by atoms with Gasteiger partial charge in [0, 0.05) is 11.1 Å². The minimum atomic E-state index is -1.16. The van der Waals surface area contributed by atoms with E-state index >= 15 is 0 Å². The number of thiazole rings is 1. The number of hydrogen-bond donors (Lipinski definition) is 0. The van der Waals surface area contributed by atoms with Crippen molar-refractivity contribution in [1.29, 1.82) is 0 Å². The van der Waals surface area contributed by atoms with Gasteiger partial charge in [-0.25, -0.2) is 4.99 Å². The van der Waals surface area contributed by atoms with Gasteiger partial charge in [-0.15, -0.1) is 0 Å². The number of ether oxygens (including phenoxy) is 2. The third-order valence-electron chi connectivity index (χ3n) is 5.26. The van der Waals surface area contributed by atoms with Crippen molar-refractivity contribution in [3.63, 3.8) is 0 Å². The van der Waals surface area contributed by atoms with Gasteiger partial charge in [-0.1, -0.05) is 29.5 Å². The third kappa shape index (κ3) is 2.66. The highest BCUT2D eigenvalue weighted by atomic mass is 32.1. The molecular weight excluding hydrogens is 392 g/mol. The Balaban J connectivity index is 1.80. The monoisotopic (exact) mass is 410 g/mol. The van der Waals surface area contributed by atoms with Crippen molar-refractivity contribution in [3.05, 3.63) is 73.7 Å². The zero-order valence-electron chi connectivity index (χ0n) is 15.8. The highest BCUT2D eigenvalue weighted by Crippen LogP contribution is 2.47. The molecule has 0 N–H and O–H groups in total. The van der Waals surface area contributed by atoms with Crippen LogP contribution in [0.3, 0.4) is 0 Å². The number of esters is 1. The molecule has 4 heterocycles. The van der Waals surface area contributed by atoms with E-state index in [1.54, 1.807) is 43.1 Å². The Morgan fingerprint density at radius 1 is 1.38 bits per heavy atom. The second kappa shape index (κ2) is 6.45. The fourth-order valence-corrected chi connectivity index (χ4v) is 5.14. The Bertz CT molecular complexity index is 1270. The summed E-state index contributed by atoms with van der Waals surface area (Å²) in [7, 11) is 0. The molecule has 2 aromatic heterocycles. The third-order valence-corrected chi connectivity index (χ3v) is 6.24. The van der Waals surface area contributed by atoms with Crippen LogP contribution in [-0.2, 0) is 9.53 Å².